The van der Waals surface area contributed by atoms with E-state index in [0.717, 1.165) is 31.6 Å². The molecule has 0 spiro atoms. The van der Waals surface area contributed by atoms with Gasteiger partial charge in [-0.2, -0.15) is 0 Å². The first kappa shape index (κ1) is 14.0. The summed E-state index contributed by atoms with van der Waals surface area (Å²) in [5, 5.41) is 0. The Balaban J connectivity index is 2.39. The third-order valence-corrected chi connectivity index (χ3v) is 4.11. The van der Waals surface area contributed by atoms with Crippen molar-refractivity contribution >= 4 is 0 Å². The lowest BCUT2D eigenvalue weighted by Gasteiger charge is -2.38. The second kappa shape index (κ2) is 6.02. The van der Waals surface area contributed by atoms with E-state index in [1.807, 2.05) is 0 Å². The van der Waals surface area contributed by atoms with Gasteiger partial charge in [0.05, 0.1) is 0 Å². The van der Waals surface area contributed by atoms with Crippen molar-refractivity contribution in [1.82, 2.24) is 4.90 Å². The molecule has 0 amide bonds. The molecule has 0 aliphatic heterocycles. The minimum Gasteiger partial charge on any atom is -0.330 e. The molecule has 1 aliphatic rings. The maximum Gasteiger partial charge on any atom is 0.00696 e. The first-order chi connectivity index (χ1) is 7.48. The lowest BCUT2D eigenvalue weighted by Crippen LogP contribution is -2.44. The molecule has 1 aliphatic carbocycles. The summed E-state index contributed by atoms with van der Waals surface area (Å²) >= 11 is 0. The van der Waals surface area contributed by atoms with Crippen LogP contribution < -0.4 is 5.73 Å². The van der Waals surface area contributed by atoms with Gasteiger partial charge in [-0.1, -0.05) is 40.0 Å². The summed E-state index contributed by atoms with van der Waals surface area (Å²) in [7, 11) is 0. The Morgan fingerprint density at radius 2 is 2.00 bits per heavy atom. The van der Waals surface area contributed by atoms with E-state index in [-0.39, 0.29) is 5.41 Å². The van der Waals surface area contributed by atoms with Gasteiger partial charge in [0.1, 0.15) is 0 Å². The fourth-order valence-corrected chi connectivity index (χ4v) is 2.55. The first-order valence-corrected chi connectivity index (χ1v) is 6.92. The molecule has 1 saturated carbocycles. The summed E-state index contributed by atoms with van der Waals surface area (Å²) in [6.45, 7) is 12.3. The summed E-state index contributed by atoms with van der Waals surface area (Å²) < 4.78 is 0. The number of rotatable bonds is 7. The van der Waals surface area contributed by atoms with E-state index in [0.29, 0.717) is 0 Å². The number of nitrogens with two attached hydrogens (primary N) is 1. The topological polar surface area (TPSA) is 29.3 Å². The highest BCUT2D eigenvalue weighted by atomic mass is 15.2. The maximum absolute atomic E-state index is 5.82. The van der Waals surface area contributed by atoms with E-state index < -0.39 is 0 Å². The van der Waals surface area contributed by atoms with Crippen LogP contribution in [-0.4, -0.2) is 30.6 Å². The van der Waals surface area contributed by atoms with Crippen LogP contribution in [0.3, 0.4) is 0 Å². The van der Waals surface area contributed by atoms with Crippen molar-refractivity contribution in [1.29, 1.82) is 0 Å². The predicted octanol–water partition coefficient (Wildman–Crippen LogP) is 2.87. The van der Waals surface area contributed by atoms with Crippen LogP contribution in [-0.2, 0) is 0 Å². The molecule has 2 heteroatoms. The Bertz CT molecular complexity index is 197. The Morgan fingerprint density at radius 1 is 1.38 bits per heavy atom. The molecule has 0 radical (unpaired) electrons. The number of nitrogens with zero attached hydrogens (tertiary/aromatic N) is 1. The molecule has 0 heterocycles. The van der Waals surface area contributed by atoms with Crippen molar-refractivity contribution in [2.24, 2.45) is 17.1 Å². The van der Waals surface area contributed by atoms with E-state index in [9.17, 15) is 0 Å². The van der Waals surface area contributed by atoms with Crippen LogP contribution >= 0.6 is 0 Å². The fraction of sp³-hybridized carbons (Fsp3) is 1.00. The van der Waals surface area contributed by atoms with Crippen LogP contribution in [0.2, 0.25) is 0 Å². The van der Waals surface area contributed by atoms with Crippen LogP contribution in [0.4, 0.5) is 0 Å². The quantitative estimate of drug-likeness (QED) is 0.723. The Kier molecular flexibility index (Phi) is 5.26. The molecular weight excluding hydrogens is 196 g/mol. The zero-order valence-corrected chi connectivity index (χ0v) is 11.6. The van der Waals surface area contributed by atoms with Gasteiger partial charge in [0.2, 0.25) is 0 Å². The molecule has 96 valence electrons. The Morgan fingerprint density at radius 3 is 2.38 bits per heavy atom. The zero-order chi connectivity index (χ0) is 12.2. The molecule has 2 nitrogen and oxygen atoms in total. The summed E-state index contributed by atoms with van der Waals surface area (Å²) in [5.41, 5.74) is 6.08. The van der Waals surface area contributed by atoms with Crippen molar-refractivity contribution in [3.63, 3.8) is 0 Å². The molecule has 1 unspecified atom stereocenters. The largest absolute Gasteiger partial charge is 0.330 e. The normalized spacial score (nSPS) is 19.9. The van der Waals surface area contributed by atoms with Gasteiger partial charge in [-0.25, -0.2) is 0 Å². The molecule has 1 atom stereocenters. The van der Waals surface area contributed by atoms with Gasteiger partial charge in [-0.15, -0.1) is 0 Å². The van der Waals surface area contributed by atoms with Crippen LogP contribution in [0, 0.1) is 11.3 Å². The summed E-state index contributed by atoms with van der Waals surface area (Å²) in [5.74, 6) is 1.00. The van der Waals surface area contributed by atoms with Gasteiger partial charge in [-0.05, 0) is 37.8 Å². The van der Waals surface area contributed by atoms with Crippen molar-refractivity contribution < 1.29 is 0 Å². The molecule has 0 aromatic rings. The monoisotopic (exact) mass is 226 g/mol. The Labute approximate surface area is 102 Å². The van der Waals surface area contributed by atoms with Crippen molar-refractivity contribution in [3.8, 4) is 0 Å². The average Bonchev–Trinajstić information content (AvgIpc) is 2.19. The molecule has 0 saturated heterocycles. The summed E-state index contributed by atoms with van der Waals surface area (Å²) in [6.07, 6.45) is 5.76. The highest BCUT2D eigenvalue weighted by Crippen LogP contribution is 2.32. The second-order valence-corrected chi connectivity index (χ2v) is 6.31. The standard InChI is InChI=1S/C14H30N2/c1-5-16(11-14(3,4)10-15)12(2)9-13-7-6-8-13/h12-13H,5-11,15H2,1-4H3. The van der Waals surface area contributed by atoms with Crippen LogP contribution in [0.25, 0.3) is 0 Å². The van der Waals surface area contributed by atoms with E-state index >= 15 is 0 Å². The highest BCUT2D eigenvalue weighted by molar-refractivity contribution is 4.80. The summed E-state index contributed by atoms with van der Waals surface area (Å²) in [6, 6.07) is 0.723. The summed E-state index contributed by atoms with van der Waals surface area (Å²) in [4.78, 5) is 2.60. The minimum absolute atomic E-state index is 0.254. The van der Waals surface area contributed by atoms with Gasteiger partial charge in [0.15, 0.2) is 0 Å². The van der Waals surface area contributed by atoms with Gasteiger partial charge in [-0.3, -0.25) is 0 Å². The molecular formula is C14H30N2. The predicted molar refractivity (Wildman–Crippen MR) is 71.5 cm³/mol. The van der Waals surface area contributed by atoms with Crippen molar-refractivity contribution in [2.45, 2.75) is 59.4 Å². The third-order valence-electron chi connectivity index (χ3n) is 4.11. The molecule has 1 fully saturated rings. The van der Waals surface area contributed by atoms with Gasteiger partial charge >= 0.3 is 0 Å². The van der Waals surface area contributed by atoms with E-state index in [4.69, 9.17) is 5.73 Å². The lowest BCUT2D eigenvalue weighted by atomic mass is 9.80. The minimum atomic E-state index is 0.254. The van der Waals surface area contributed by atoms with Crippen LogP contribution in [0.5, 0.6) is 0 Å². The van der Waals surface area contributed by atoms with Crippen molar-refractivity contribution in [2.75, 3.05) is 19.6 Å². The number of hydrogen-bond donors (Lipinski definition) is 1. The zero-order valence-electron chi connectivity index (χ0n) is 11.6. The smallest absolute Gasteiger partial charge is 0.00696 e. The average molecular weight is 226 g/mol. The second-order valence-electron chi connectivity index (χ2n) is 6.31. The van der Waals surface area contributed by atoms with Gasteiger partial charge in [0, 0.05) is 12.6 Å². The van der Waals surface area contributed by atoms with Gasteiger partial charge in [0.25, 0.3) is 0 Å². The molecule has 1 rings (SSSR count). The van der Waals surface area contributed by atoms with E-state index in [1.54, 1.807) is 0 Å². The Hall–Kier alpha value is -0.0800. The third kappa shape index (κ3) is 4.06. The maximum atomic E-state index is 5.82. The molecule has 16 heavy (non-hydrogen) atoms. The van der Waals surface area contributed by atoms with E-state index in [2.05, 4.69) is 32.6 Å². The highest BCUT2D eigenvalue weighted by Gasteiger charge is 2.26. The number of hydrogen-bond acceptors (Lipinski definition) is 2. The van der Waals surface area contributed by atoms with Crippen LogP contribution in [0.1, 0.15) is 53.4 Å². The molecule has 0 aromatic carbocycles. The first-order valence-electron chi connectivity index (χ1n) is 6.92. The molecule has 0 aromatic heterocycles. The molecule has 2 N–H and O–H groups in total. The SMILES string of the molecule is CCN(CC(C)(C)CN)C(C)CC1CCC1. The fourth-order valence-electron chi connectivity index (χ4n) is 2.55. The van der Waals surface area contributed by atoms with E-state index in [1.165, 1.54) is 25.7 Å². The van der Waals surface area contributed by atoms with Gasteiger partial charge < -0.3 is 10.6 Å². The van der Waals surface area contributed by atoms with Crippen molar-refractivity contribution in [3.05, 3.63) is 0 Å². The lowest BCUT2D eigenvalue weighted by molar-refractivity contribution is 0.116. The molecule has 0 bridgehead atoms. The van der Waals surface area contributed by atoms with Crippen LogP contribution in [0.15, 0.2) is 0 Å².